The van der Waals surface area contributed by atoms with Gasteiger partial charge in [-0.05, 0) is 32.1 Å². The maximum Gasteiger partial charge on any atom is 0.305 e. The lowest BCUT2D eigenvalue weighted by molar-refractivity contribution is -0.143. The van der Waals surface area contributed by atoms with Crippen LogP contribution in [0.1, 0.15) is 412 Å². The number of aliphatic hydroxyl groups is 2. The van der Waals surface area contributed by atoms with Gasteiger partial charge in [0.1, 0.15) is 0 Å². The summed E-state index contributed by atoms with van der Waals surface area (Å²) in [6.07, 6.45) is 84.7. The molecule has 0 aliphatic carbocycles. The third kappa shape index (κ3) is 63.8. The van der Waals surface area contributed by atoms with E-state index in [9.17, 15) is 19.8 Å². The molecule has 0 saturated heterocycles. The summed E-state index contributed by atoms with van der Waals surface area (Å²) in [4.78, 5) is 24.5. The number of hydrogen-bond acceptors (Lipinski definition) is 5. The van der Waals surface area contributed by atoms with Gasteiger partial charge in [-0.15, -0.1) is 0 Å². The number of esters is 1. The van der Waals surface area contributed by atoms with Crippen molar-refractivity contribution in [2.75, 3.05) is 13.2 Å². The summed E-state index contributed by atoms with van der Waals surface area (Å²) >= 11 is 0. The molecule has 0 saturated carbocycles. The molecule has 0 bridgehead atoms. The van der Waals surface area contributed by atoms with E-state index >= 15 is 0 Å². The predicted molar refractivity (Wildman–Crippen MR) is 343 cm³/mol. The van der Waals surface area contributed by atoms with Crippen molar-refractivity contribution in [1.82, 2.24) is 5.32 Å². The van der Waals surface area contributed by atoms with Gasteiger partial charge in [-0.3, -0.25) is 9.59 Å². The van der Waals surface area contributed by atoms with Crippen molar-refractivity contribution < 1.29 is 24.5 Å². The van der Waals surface area contributed by atoms with Crippen LogP contribution in [0.15, 0.2) is 12.2 Å². The number of hydrogen-bond donors (Lipinski definition) is 3. The van der Waals surface area contributed by atoms with Crippen LogP contribution in [0.3, 0.4) is 0 Å². The first kappa shape index (κ1) is 76.6. The van der Waals surface area contributed by atoms with Crippen LogP contribution in [-0.2, 0) is 14.3 Å². The van der Waals surface area contributed by atoms with Crippen LogP contribution in [0.4, 0.5) is 0 Å². The molecule has 0 radical (unpaired) electrons. The second-order valence-electron chi connectivity index (χ2n) is 24.9. The minimum Gasteiger partial charge on any atom is -0.466 e. The molecule has 6 nitrogen and oxygen atoms in total. The quantitative estimate of drug-likeness (QED) is 0.0320. The minimum absolute atomic E-state index is 0.0246. The van der Waals surface area contributed by atoms with Crippen molar-refractivity contribution in [3.63, 3.8) is 0 Å². The minimum atomic E-state index is -0.838. The summed E-state index contributed by atoms with van der Waals surface area (Å²) in [7, 11) is 0. The van der Waals surface area contributed by atoms with Gasteiger partial charge in [0.2, 0.25) is 5.91 Å². The summed E-state index contributed by atoms with van der Waals surface area (Å²) in [6.45, 7) is 4.93. The molecule has 78 heavy (non-hydrogen) atoms. The van der Waals surface area contributed by atoms with E-state index in [2.05, 4.69) is 19.2 Å². The molecular formula is C72H141NO5. The number of allylic oxidation sites excluding steroid dienone is 1. The molecule has 0 heterocycles. The van der Waals surface area contributed by atoms with Crippen molar-refractivity contribution in [2.24, 2.45) is 0 Å². The molecule has 464 valence electrons. The van der Waals surface area contributed by atoms with Gasteiger partial charge in [0.25, 0.3) is 0 Å². The molecule has 1 amide bonds. The highest BCUT2D eigenvalue weighted by Gasteiger charge is 2.18. The van der Waals surface area contributed by atoms with Crippen molar-refractivity contribution in [3.05, 3.63) is 12.2 Å². The van der Waals surface area contributed by atoms with Gasteiger partial charge in [-0.1, -0.05) is 379 Å². The Morgan fingerprint density at radius 3 is 0.872 bits per heavy atom. The highest BCUT2D eigenvalue weighted by atomic mass is 16.5. The number of unbranched alkanes of at least 4 members (excludes halogenated alkanes) is 57. The predicted octanol–water partition coefficient (Wildman–Crippen LogP) is 23.1. The van der Waals surface area contributed by atoms with Gasteiger partial charge < -0.3 is 20.3 Å². The van der Waals surface area contributed by atoms with Gasteiger partial charge in [-0.25, -0.2) is 0 Å². The number of ether oxygens (including phenoxy) is 1. The molecule has 6 heteroatoms. The van der Waals surface area contributed by atoms with Crippen molar-refractivity contribution >= 4 is 11.9 Å². The fourth-order valence-electron chi connectivity index (χ4n) is 11.6. The van der Waals surface area contributed by atoms with Gasteiger partial charge >= 0.3 is 5.97 Å². The molecule has 0 spiro atoms. The molecule has 0 aliphatic heterocycles. The third-order valence-corrected chi connectivity index (χ3v) is 17.1. The maximum atomic E-state index is 12.5. The van der Waals surface area contributed by atoms with Crippen molar-refractivity contribution in [3.8, 4) is 0 Å². The monoisotopic (exact) mass is 1100 g/mol. The molecule has 3 N–H and O–H groups in total. The summed E-state index contributed by atoms with van der Waals surface area (Å²) in [5, 5.41) is 23.1. The molecule has 2 unspecified atom stereocenters. The molecule has 2 atom stereocenters. The van der Waals surface area contributed by atoms with Crippen LogP contribution < -0.4 is 5.32 Å². The first-order valence-corrected chi connectivity index (χ1v) is 36.0. The fraction of sp³-hybridized carbons (Fsp3) is 0.944. The average molecular weight is 1100 g/mol. The lowest BCUT2D eigenvalue weighted by Crippen LogP contribution is -2.45. The molecule has 0 rings (SSSR count). The molecule has 0 aromatic rings. The Bertz CT molecular complexity index is 1180. The molecule has 0 aromatic heterocycles. The highest BCUT2D eigenvalue weighted by molar-refractivity contribution is 5.76. The average Bonchev–Trinajstić information content (AvgIpc) is 3.44. The Kier molecular flexibility index (Phi) is 66.9. The van der Waals surface area contributed by atoms with Crippen LogP contribution in [0.2, 0.25) is 0 Å². The number of nitrogens with one attached hydrogen (secondary N) is 1. The van der Waals surface area contributed by atoms with Crippen molar-refractivity contribution in [2.45, 2.75) is 424 Å². The van der Waals surface area contributed by atoms with Crippen LogP contribution >= 0.6 is 0 Å². The van der Waals surface area contributed by atoms with Gasteiger partial charge in [-0.2, -0.15) is 0 Å². The first-order chi connectivity index (χ1) is 38.5. The van der Waals surface area contributed by atoms with Crippen LogP contribution in [-0.4, -0.2) is 47.4 Å². The summed E-state index contributed by atoms with van der Waals surface area (Å²) < 4.78 is 5.49. The van der Waals surface area contributed by atoms with E-state index in [4.69, 9.17) is 4.74 Å². The Labute approximate surface area is 489 Å². The zero-order valence-corrected chi connectivity index (χ0v) is 53.2. The van der Waals surface area contributed by atoms with Crippen LogP contribution in [0, 0.1) is 0 Å². The van der Waals surface area contributed by atoms with Crippen LogP contribution in [0.5, 0.6) is 0 Å². The topological polar surface area (TPSA) is 95.9 Å². The van der Waals surface area contributed by atoms with E-state index in [1.807, 2.05) is 6.08 Å². The second-order valence-corrected chi connectivity index (χ2v) is 24.9. The van der Waals surface area contributed by atoms with Gasteiger partial charge in [0.05, 0.1) is 25.4 Å². The normalized spacial score (nSPS) is 12.5. The number of rotatable bonds is 68. The zero-order chi connectivity index (χ0) is 56.4. The Morgan fingerprint density at radius 1 is 0.346 bits per heavy atom. The van der Waals surface area contributed by atoms with E-state index < -0.39 is 12.1 Å². The van der Waals surface area contributed by atoms with Gasteiger partial charge in [0, 0.05) is 12.8 Å². The molecule has 0 aromatic carbocycles. The first-order valence-electron chi connectivity index (χ1n) is 36.0. The smallest absolute Gasteiger partial charge is 0.305 e. The Hall–Kier alpha value is -1.40. The van der Waals surface area contributed by atoms with E-state index in [-0.39, 0.29) is 18.5 Å². The number of aliphatic hydroxyl groups excluding tert-OH is 2. The van der Waals surface area contributed by atoms with Gasteiger partial charge in [0.15, 0.2) is 0 Å². The lowest BCUT2D eigenvalue weighted by atomic mass is 10.0. The van der Waals surface area contributed by atoms with E-state index in [1.165, 1.54) is 347 Å². The number of carbonyl (C=O) groups excluding carboxylic acids is 2. The summed E-state index contributed by atoms with van der Waals surface area (Å²) in [5.41, 5.74) is 0. The molecular weight excluding hydrogens is 959 g/mol. The van der Waals surface area contributed by atoms with Crippen molar-refractivity contribution in [1.29, 1.82) is 0 Å². The zero-order valence-electron chi connectivity index (χ0n) is 53.2. The summed E-state index contributed by atoms with van der Waals surface area (Å²) in [5.74, 6) is -0.0362. The van der Waals surface area contributed by atoms with Crippen LogP contribution in [0.25, 0.3) is 0 Å². The number of amides is 1. The Morgan fingerprint density at radius 2 is 0.590 bits per heavy atom. The van der Waals surface area contributed by atoms with E-state index in [0.29, 0.717) is 19.4 Å². The standard InChI is InChI=1S/C72H141NO5/c1-3-5-7-9-11-13-15-44-48-52-56-60-64-70(75)69(68-74)73-71(76)65-61-57-53-49-45-42-40-38-36-34-32-30-28-26-24-22-20-18-17-19-21-23-25-27-29-31-33-35-37-39-41-43-47-51-55-59-63-67-78-72(77)66-62-58-54-50-46-16-14-12-10-8-6-4-2/h60,64,69-70,74-75H,3-59,61-63,65-68H2,1-2H3,(H,73,76)/b64-60+. The molecule has 0 aliphatic rings. The third-order valence-electron chi connectivity index (χ3n) is 17.1. The second kappa shape index (κ2) is 68.1. The number of carbonyl (C=O) groups is 2. The SMILES string of the molecule is CCCCCCCCCCCC/C=C/C(O)C(CO)NC(=O)CCCCCCCCCCCCCCCCCCCCCCCCCCCCCCCCCCCCCCCOC(=O)CCCCCCCCCCCCCC. The highest BCUT2D eigenvalue weighted by Crippen LogP contribution is 2.19. The fourth-order valence-corrected chi connectivity index (χ4v) is 11.6. The Balaban J connectivity index is 3.28. The lowest BCUT2D eigenvalue weighted by Gasteiger charge is -2.20. The molecule has 0 fully saturated rings. The summed E-state index contributed by atoms with van der Waals surface area (Å²) in [6, 6.07) is -0.621. The van der Waals surface area contributed by atoms with E-state index in [0.717, 1.165) is 38.5 Å². The maximum absolute atomic E-state index is 12.5. The largest absolute Gasteiger partial charge is 0.466 e. The van der Waals surface area contributed by atoms with E-state index in [1.54, 1.807) is 6.08 Å².